The number of carbonyl (C=O) groups excluding carboxylic acids is 2. The summed E-state index contributed by atoms with van der Waals surface area (Å²) in [5.74, 6) is -2.58. The average Bonchev–Trinajstić information content (AvgIpc) is 3.07. The Balaban J connectivity index is 1.76. The molecule has 3 fully saturated rings. The van der Waals surface area contributed by atoms with Crippen molar-refractivity contribution in [2.24, 2.45) is 17.8 Å². The third-order valence-corrected chi connectivity index (χ3v) is 5.06. The van der Waals surface area contributed by atoms with Crippen molar-refractivity contribution in [2.75, 3.05) is 7.11 Å². The van der Waals surface area contributed by atoms with E-state index in [-0.39, 0.29) is 11.8 Å². The lowest BCUT2D eigenvalue weighted by Crippen LogP contribution is -2.52. The van der Waals surface area contributed by atoms with Gasteiger partial charge in [-0.3, -0.25) is 4.79 Å². The Kier molecular flexibility index (Phi) is 2.79. The summed E-state index contributed by atoms with van der Waals surface area (Å²) < 4.78 is 21.6. The maximum atomic E-state index is 12.0. The van der Waals surface area contributed by atoms with Crippen LogP contribution in [0.5, 0.6) is 0 Å². The van der Waals surface area contributed by atoms with E-state index in [1.807, 2.05) is 0 Å². The van der Waals surface area contributed by atoms with Crippen molar-refractivity contribution in [1.82, 2.24) is 0 Å². The number of aliphatic hydroxyl groups excluding tert-OH is 1. The Morgan fingerprint density at radius 1 is 1.45 bits per heavy atom. The molecule has 22 heavy (non-hydrogen) atoms. The van der Waals surface area contributed by atoms with Gasteiger partial charge < -0.3 is 24.1 Å². The molecule has 4 aliphatic rings. The zero-order chi connectivity index (χ0) is 15.6. The second-order valence-corrected chi connectivity index (χ2v) is 5.91. The molecule has 7 atom stereocenters. The van der Waals surface area contributed by atoms with Crippen molar-refractivity contribution in [3.63, 3.8) is 0 Å². The topological polar surface area (TPSA) is 91.3 Å². The smallest absolute Gasteiger partial charge is 0.337 e. The molecule has 7 nitrogen and oxygen atoms in total. The van der Waals surface area contributed by atoms with Gasteiger partial charge in [-0.15, -0.1) is 0 Å². The van der Waals surface area contributed by atoms with E-state index in [2.05, 4.69) is 0 Å². The van der Waals surface area contributed by atoms with Crippen molar-refractivity contribution < 1.29 is 33.6 Å². The van der Waals surface area contributed by atoms with Gasteiger partial charge in [-0.1, -0.05) is 12.2 Å². The number of hydrogen-bond acceptors (Lipinski definition) is 7. The van der Waals surface area contributed by atoms with Crippen LogP contribution in [0.4, 0.5) is 0 Å². The van der Waals surface area contributed by atoms with Gasteiger partial charge in [-0.25, -0.2) is 4.79 Å². The van der Waals surface area contributed by atoms with Gasteiger partial charge in [-0.05, 0) is 13.0 Å². The number of ether oxygens (including phenoxy) is 4. The first-order valence-corrected chi connectivity index (χ1v) is 7.19. The molecule has 7 heteroatoms. The molecule has 0 unspecified atom stereocenters. The zero-order valence-electron chi connectivity index (χ0n) is 12.1. The largest absolute Gasteiger partial charge is 0.469 e. The first-order chi connectivity index (χ1) is 10.5. The fourth-order valence-electron chi connectivity index (χ4n) is 4.12. The molecule has 1 spiro atoms. The molecule has 0 aromatic carbocycles. The van der Waals surface area contributed by atoms with E-state index >= 15 is 0 Å². The second-order valence-electron chi connectivity index (χ2n) is 5.91. The lowest BCUT2D eigenvalue weighted by Gasteiger charge is -2.39. The lowest BCUT2D eigenvalue weighted by molar-refractivity contribution is -0.284. The summed E-state index contributed by atoms with van der Waals surface area (Å²) >= 11 is 0. The molecule has 3 aliphatic heterocycles. The van der Waals surface area contributed by atoms with Crippen LogP contribution < -0.4 is 0 Å². The summed E-state index contributed by atoms with van der Waals surface area (Å²) in [5, 5.41) is 10.1. The number of aliphatic hydroxyl groups is 1. The van der Waals surface area contributed by atoms with Crippen molar-refractivity contribution in [1.29, 1.82) is 0 Å². The van der Waals surface area contributed by atoms with Gasteiger partial charge in [0.1, 0.15) is 12.0 Å². The summed E-state index contributed by atoms with van der Waals surface area (Å²) in [4.78, 5) is 24.0. The number of allylic oxidation sites excluding steroid dienone is 2. The highest BCUT2D eigenvalue weighted by molar-refractivity contribution is 5.93. The highest BCUT2D eigenvalue weighted by Gasteiger charge is 2.72. The van der Waals surface area contributed by atoms with Crippen molar-refractivity contribution in [2.45, 2.75) is 31.2 Å². The van der Waals surface area contributed by atoms with Crippen LogP contribution in [0.25, 0.3) is 0 Å². The Hall–Kier alpha value is -1.70. The molecule has 0 aromatic heterocycles. The zero-order valence-corrected chi connectivity index (χ0v) is 12.1. The standard InChI is InChI=1S/C15H16O7/c1-3-6-10-15(22-11(6)16)5-4-7-8(12(17)19-2)13(18)21-14(20-10)9(7)15/h3-5,7-10,13-14,18H,1-2H3/b6-3+/t7-,8-,9-,10+,13+,14+,15+/m1/s1. The van der Waals surface area contributed by atoms with Gasteiger partial charge in [0.05, 0.1) is 18.6 Å². The van der Waals surface area contributed by atoms with Crippen LogP contribution in [-0.2, 0) is 28.5 Å². The van der Waals surface area contributed by atoms with Crippen molar-refractivity contribution in [3.8, 4) is 0 Å². The third-order valence-electron chi connectivity index (χ3n) is 5.06. The fourth-order valence-corrected chi connectivity index (χ4v) is 4.12. The quantitative estimate of drug-likeness (QED) is 0.410. The number of rotatable bonds is 1. The SMILES string of the molecule is C/C=C1/C(=O)O[C@]23C=C[C@@H]4[C@H](C(=O)OC)[C@@H](O)O[C@H](O[C@@H]12)[C@@H]43. The third kappa shape index (κ3) is 1.46. The molecular formula is C15H16O7. The number of hydrogen-bond donors (Lipinski definition) is 1. The van der Waals surface area contributed by atoms with Gasteiger partial charge >= 0.3 is 11.9 Å². The first-order valence-electron chi connectivity index (χ1n) is 7.19. The van der Waals surface area contributed by atoms with E-state index in [1.165, 1.54) is 7.11 Å². The average molecular weight is 308 g/mol. The normalized spacial score (nSPS) is 50.0. The minimum absolute atomic E-state index is 0.366. The molecule has 0 saturated carbocycles. The van der Waals surface area contributed by atoms with Crippen LogP contribution in [0.3, 0.4) is 0 Å². The minimum atomic E-state index is -1.32. The van der Waals surface area contributed by atoms with Crippen LogP contribution in [0.1, 0.15) is 6.92 Å². The van der Waals surface area contributed by atoms with Gasteiger partial charge in [0, 0.05) is 5.92 Å². The molecule has 0 bridgehead atoms. The van der Waals surface area contributed by atoms with Crippen molar-refractivity contribution >= 4 is 11.9 Å². The van der Waals surface area contributed by atoms with Crippen LogP contribution in [0, 0.1) is 17.8 Å². The molecule has 0 aromatic rings. The van der Waals surface area contributed by atoms with Crippen LogP contribution in [0.2, 0.25) is 0 Å². The molecule has 4 rings (SSSR count). The Morgan fingerprint density at radius 2 is 2.23 bits per heavy atom. The summed E-state index contributed by atoms with van der Waals surface area (Å²) in [6.07, 6.45) is 2.59. The minimum Gasteiger partial charge on any atom is -0.469 e. The molecular weight excluding hydrogens is 292 g/mol. The summed E-state index contributed by atoms with van der Waals surface area (Å²) in [7, 11) is 1.26. The van der Waals surface area contributed by atoms with E-state index in [1.54, 1.807) is 25.2 Å². The van der Waals surface area contributed by atoms with Crippen molar-refractivity contribution in [3.05, 3.63) is 23.8 Å². The number of methoxy groups -OCH3 is 1. The number of esters is 2. The molecule has 0 radical (unpaired) electrons. The Morgan fingerprint density at radius 3 is 2.91 bits per heavy atom. The van der Waals surface area contributed by atoms with Gasteiger partial charge in [0.2, 0.25) is 0 Å². The van der Waals surface area contributed by atoms with E-state index < -0.39 is 42.1 Å². The number of carbonyl (C=O) groups is 2. The van der Waals surface area contributed by atoms with E-state index in [0.717, 1.165) is 0 Å². The predicted octanol–water partition coefficient (Wildman–Crippen LogP) is -0.107. The monoisotopic (exact) mass is 308 g/mol. The Bertz CT molecular complexity index is 609. The first kappa shape index (κ1) is 13.9. The van der Waals surface area contributed by atoms with Crippen LogP contribution >= 0.6 is 0 Å². The maximum Gasteiger partial charge on any atom is 0.337 e. The summed E-state index contributed by atoms with van der Waals surface area (Å²) in [6.45, 7) is 1.74. The molecule has 0 amide bonds. The highest BCUT2D eigenvalue weighted by Crippen LogP contribution is 2.59. The second kappa shape index (κ2) is 4.41. The highest BCUT2D eigenvalue weighted by atomic mass is 16.8. The van der Waals surface area contributed by atoms with E-state index in [9.17, 15) is 14.7 Å². The Labute approximate surface area is 126 Å². The summed E-state index contributed by atoms with van der Waals surface area (Å²) in [5.41, 5.74) is -0.520. The molecule has 1 aliphatic carbocycles. The molecule has 118 valence electrons. The fraction of sp³-hybridized carbons (Fsp3) is 0.600. The van der Waals surface area contributed by atoms with Gasteiger partial charge in [0.25, 0.3) is 0 Å². The summed E-state index contributed by atoms with van der Waals surface area (Å²) in [6, 6.07) is 0. The van der Waals surface area contributed by atoms with Gasteiger partial charge in [-0.2, -0.15) is 0 Å². The molecule has 3 heterocycles. The van der Waals surface area contributed by atoms with Crippen LogP contribution in [-0.4, -0.2) is 48.4 Å². The lowest BCUT2D eigenvalue weighted by atomic mass is 9.75. The van der Waals surface area contributed by atoms with Gasteiger partial charge in [0.15, 0.2) is 18.2 Å². The van der Waals surface area contributed by atoms with E-state index in [0.29, 0.717) is 5.57 Å². The molecule has 1 N–H and O–H groups in total. The maximum absolute atomic E-state index is 12.0. The van der Waals surface area contributed by atoms with Crippen LogP contribution in [0.15, 0.2) is 23.8 Å². The van der Waals surface area contributed by atoms with E-state index in [4.69, 9.17) is 18.9 Å². The predicted molar refractivity (Wildman–Crippen MR) is 70.0 cm³/mol. The molecule has 3 saturated heterocycles.